The molecule has 0 radical (unpaired) electrons. The van der Waals surface area contributed by atoms with Gasteiger partial charge in [-0.15, -0.1) is 0 Å². The first kappa shape index (κ1) is 15.1. The van der Waals surface area contributed by atoms with Gasteiger partial charge < -0.3 is 10.2 Å². The van der Waals surface area contributed by atoms with Gasteiger partial charge in [-0.2, -0.15) is 0 Å². The van der Waals surface area contributed by atoms with E-state index in [2.05, 4.69) is 21.2 Å². The first-order valence-corrected chi connectivity index (χ1v) is 6.67. The lowest BCUT2D eigenvalue weighted by atomic mass is 10.1. The predicted molar refractivity (Wildman–Crippen MR) is 73.8 cm³/mol. The third-order valence-corrected chi connectivity index (χ3v) is 3.51. The fourth-order valence-corrected chi connectivity index (χ4v) is 1.85. The van der Waals surface area contributed by atoms with Crippen molar-refractivity contribution in [2.75, 3.05) is 20.1 Å². The monoisotopic (exact) mass is 316 g/mol. The summed E-state index contributed by atoms with van der Waals surface area (Å²) in [5.41, 5.74) is 0.940. The maximum absolute atomic E-state index is 13.1. The van der Waals surface area contributed by atoms with E-state index in [1.165, 1.54) is 6.07 Å². The minimum absolute atomic E-state index is 0.00361. The van der Waals surface area contributed by atoms with E-state index in [0.717, 1.165) is 5.56 Å². The molecule has 1 atom stereocenters. The molecule has 18 heavy (non-hydrogen) atoms. The van der Waals surface area contributed by atoms with Gasteiger partial charge in [0.15, 0.2) is 0 Å². The third-order valence-electron chi connectivity index (χ3n) is 2.90. The zero-order chi connectivity index (χ0) is 13.7. The van der Waals surface area contributed by atoms with Crippen LogP contribution in [0.5, 0.6) is 0 Å². The molecule has 0 saturated heterocycles. The molecule has 0 aliphatic heterocycles. The Morgan fingerprint density at radius 3 is 2.78 bits per heavy atom. The zero-order valence-corrected chi connectivity index (χ0v) is 12.4. The highest BCUT2D eigenvalue weighted by Crippen LogP contribution is 2.20. The van der Waals surface area contributed by atoms with Gasteiger partial charge in [0.2, 0.25) is 5.91 Å². The lowest BCUT2D eigenvalue weighted by Crippen LogP contribution is -2.36. The van der Waals surface area contributed by atoms with Gasteiger partial charge in [-0.3, -0.25) is 4.79 Å². The fourth-order valence-electron chi connectivity index (χ4n) is 1.45. The van der Waals surface area contributed by atoms with E-state index in [4.69, 9.17) is 0 Å². The van der Waals surface area contributed by atoms with Crippen LogP contribution in [0, 0.1) is 5.82 Å². The summed E-state index contributed by atoms with van der Waals surface area (Å²) in [6, 6.07) is 4.85. The van der Waals surface area contributed by atoms with Crippen molar-refractivity contribution in [1.29, 1.82) is 0 Å². The molecule has 0 fully saturated rings. The third kappa shape index (κ3) is 4.07. The lowest BCUT2D eigenvalue weighted by molar-refractivity contribution is -0.128. The smallest absolute Gasteiger partial charge is 0.236 e. The van der Waals surface area contributed by atoms with Gasteiger partial charge in [0.05, 0.1) is 11.0 Å². The van der Waals surface area contributed by atoms with E-state index in [-0.39, 0.29) is 24.3 Å². The maximum Gasteiger partial charge on any atom is 0.236 e. The standard InChI is InChI=1S/C13H18BrFN2O/c1-4-17(3)13(18)8-16-9(2)10-5-6-12(15)11(14)7-10/h5-7,9,16H,4,8H2,1-3H3. The quantitative estimate of drug-likeness (QED) is 0.906. The average molecular weight is 317 g/mol. The van der Waals surface area contributed by atoms with Crippen molar-refractivity contribution < 1.29 is 9.18 Å². The van der Waals surface area contributed by atoms with Gasteiger partial charge >= 0.3 is 0 Å². The number of carbonyl (C=O) groups is 1. The maximum atomic E-state index is 13.1. The Kier molecular flexibility index (Phi) is 5.75. The van der Waals surface area contributed by atoms with Crippen molar-refractivity contribution in [2.24, 2.45) is 0 Å². The molecule has 1 rings (SSSR count). The molecule has 0 saturated carbocycles. The van der Waals surface area contributed by atoms with Crippen LogP contribution in [0.25, 0.3) is 0 Å². The van der Waals surface area contributed by atoms with E-state index in [1.807, 2.05) is 13.8 Å². The highest BCUT2D eigenvalue weighted by Gasteiger charge is 2.11. The number of halogens is 2. The Labute approximate surface area is 115 Å². The molecule has 1 unspecified atom stereocenters. The number of hydrogen-bond acceptors (Lipinski definition) is 2. The van der Waals surface area contributed by atoms with Gasteiger partial charge in [0.25, 0.3) is 0 Å². The molecule has 1 N–H and O–H groups in total. The number of carbonyl (C=O) groups excluding carboxylic acids is 1. The highest BCUT2D eigenvalue weighted by molar-refractivity contribution is 9.10. The Morgan fingerprint density at radius 1 is 1.56 bits per heavy atom. The van der Waals surface area contributed by atoms with E-state index >= 15 is 0 Å². The van der Waals surface area contributed by atoms with Crippen LogP contribution < -0.4 is 5.32 Å². The van der Waals surface area contributed by atoms with E-state index in [0.29, 0.717) is 11.0 Å². The second-order valence-electron chi connectivity index (χ2n) is 4.18. The summed E-state index contributed by atoms with van der Waals surface area (Å²) in [6.07, 6.45) is 0. The predicted octanol–water partition coefficient (Wildman–Crippen LogP) is 2.72. The van der Waals surface area contributed by atoms with Gasteiger partial charge in [-0.25, -0.2) is 4.39 Å². The van der Waals surface area contributed by atoms with Crippen molar-refractivity contribution in [3.05, 3.63) is 34.1 Å². The summed E-state index contributed by atoms with van der Waals surface area (Å²) in [5.74, 6) is -0.238. The normalized spacial score (nSPS) is 12.3. The molecule has 0 heterocycles. The Morgan fingerprint density at radius 2 is 2.22 bits per heavy atom. The second kappa shape index (κ2) is 6.85. The van der Waals surface area contributed by atoms with Crippen molar-refractivity contribution in [3.63, 3.8) is 0 Å². The molecule has 1 amide bonds. The number of nitrogens with one attached hydrogen (secondary N) is 1. The molecule has 3 nitrogen and oxygen atoms in total. The summed E-state index contributed by atoms with van der Waals surface area (Å²) in [5, 5.41) is 3.13. The van der Waals surface area contributed by atoms with Crippen molar-refractivity contribution in [2.45, 2.75) is 19.9 Å². The van der Waals surface area contributed by atoms with Crippen LogP contribution in [0.3, 0.4) is 0 Å². The number of hydrogen-bond donors (Lipinski definition) is 1. The molecule has 0 bridgehead atoms. The first-order valence-electron chi connectivity index (χ1n) is 5.88. The lowest BCUT2D eigenvalue weighted by Gasteiger charge is -2.18. The van der Waals surface area contributed by atoms with E-state index < -0.39 is 0 Å². The minimum atomic E-state index is -0.284. The van der Waals surface area contributed by atoms with Crippen LogP contribution in [-0.2, 0) is 4.79 Å². The van der Waals surface area contributed by atoms with Gasteiger partial charge in [-0.05, 0) is 47.5 Å². The molecule has 5 heteroatoms. The number of rotatable bonds is 5. The number of amides is 1. The van der Waals surface area contributed by atoms with Crippen molar-refractivity contribution in [1.82, 2.24) is 10.2 Å². The average Bonchev–Trinajstić information content (AvgIpc) is 2.37. The Hall–Kier alpha value is -0.940. The SMILES string of the molecule is CCN(C)C(=O)CNC(C)c1ccc(F)c(Br)c1. The molecule has 0 spiro atoms. The van der Waals surface area contributed by atoms with E-state index in [9.17, 15) is 9.18 Å². The van der Waals surface area contributed by atoms with Gasteiger partial charge in [0, 0.05) is 19.6 Å². The Balaban J connectivity index is 2.57. The van der Waals surface area contributed by atoms with Crippen LogP contribution in [0.2, 0.25) is 0 Å². The largest absolute Gasteiger partial charge is 0.345 e. The number of nitrogens with zero attached hydrogens (tertiary/aromatic N) is 1. The minimum Gasteiger partial charge on any atom is -0.345 e. The zero-order valence-electron chi connectivity index (χ0n) is 10.8. The second-order valence-corrected chi connectivity index (χ2v) is 5.04. The Bertz CT molecular complexity index is 425. The first-order chi connectivity index (χ1) is 8.45. The van der Waals surface area contributed by atoms with Crippen molar-refractivity contribution >= 4 is 21.8 Å². The molecule has 1 aromatic carbocycles. The number of likely N-dealkylation sites (N-methyl/N-ethyl adjacent to an activating group) is 1. The summed E-state index contributed by atoms with van der Waals surface area (Å²) in [6.45, 7) is 4.84. The van der Waals surface area contributed by atoms with Crippen LogP contribution in [0.15, 0.2) is 22.7 Å². The molecule has 0 aliphatic carbocycles. The van der Waals surface area contributed by atoms with Crippen LogP contribution in [-0.4, -0.2) is 30.9 Å². The fraction of sp³-hybridized carbons (Fsp3) is 0.462. The van der Waals surface area contributed by atoms with Crippen LogP contribution >= 0.6 is 15.9 Å². The molecule has 0 aliphatic rings. The molecule has 1 aromatic rings. The van der Waals surface area contributed by atoms with Gasteiger partial charge in [0.1, 0.15) is 5.82 Å². The molecule has 0 aromatic heterocycles. The summed E-state index contributed by atoms with van der Waals surface area (Å²) in [4.78, 5) is 13.3. The summed E-state index contributed by atoms with van der Waals surface area (Å²) in [7, 11) is 1.77. The summed E-state index contributed by atoms with van der Waals surface area (Å²) >= 11 is 3.15. The molecular formula is C13H18BrFN2O. The van der Waals surface area contributed by atoms with E-state index in [1.54, 1.807) is 24.1 Å². The summed E-state index contributed by atoms with van der Waals surface area (Å²) < 4.78 is 13.5. The van der Waals surface area contributed by atoms with Gasteiger partial charge in [-0.1, -0.05) is 6.07 Å². The van der Waals surface area contributed by atoms with Crippen molar-refractivity contribution in [3.8, 4) is 0 Å². The molecular weight excluding hydrogens is 299 g/mol. The number of benzene rings is 1. The highest BCUT2D eigenvalue weighted by atomic mass is 79.9. The topological polar surface area (TPSA) is 32.3 Å². The van der Waals surface area contributed by atoms with Crippen LogP contribution in [0.1, 0.15) is 25.5 Å². The molecule has 100 valence electrons. The van der Waals surface area contributed by atoms with Crippen LogP contribution in [0.4, 0.5) is 4.39 Å².